The molecule has 3 rings (SSSR count). The van der Waals surface area contributed by atoms with Gasteiger partial charge in [-0.2, -0.15) is 5.10 Å². The number of carbonyl (C=O) groups is 2. The van der Waals surface area contributed by atoms with Crippen molar-refractivity contribution in [3.63, 3.8) is 0 Å². The number of nitrogens with two attached hydrogens (primary N) is 1. The second-order valence-corrected chi connectivity index (χ2v) is 4.69. The monoisotopic (exact) mass is 249 g/mol. The average molecular weight is 249 g/mol. The van der Waals surface area contributed by atoms with Crippen molar-refractivity contribution in [3.05, 3.63) is 11.3 Å². The Bertz CT molecular complexity index is 516. The molecule has 0 spiro atoms. The highest BCUT2D eigenvalue weighted by Crippen LogP contribution is 2.27. The average Bonchev–Trinajstić information content (AvgIpc) is 2.67. The molecule has 96 valence electrons. The van der Waals surface area contributed by atoms with E-state index in [1.807, 2.05) is 0 Å². The molecule has 7 nitrogen and oxygen atoms in total. The second kappa shape index (κ2) is 4.09. The predicted molar refractivity (Wildman–Crippen MR) is 64.0 cm³/mol. The van der Waals surface area contributed by atoms with Gasteiger partial charge >= 0.3 is 0 Å². The van der Waals surface area contributed by atoms with E-state index in [-0.39, 0.29) is 18.4 Å². The van der Waals surface area contributed by atoms with Crippen LogP contribution >= 0.6 is 0 Å². The number of carbonyl (C=O) groups excluding carboxylic acids is 2. The maximum atomic E-state index is 11.7. The number of aromatic nitrogens is 2. The normalized spacial score (nSPS) is 20.7. The third kappa shape index (κ3) is 1.67. The fraction of sp³-hybridized carbons (Fsp3) is 0.545. The quantitative estimate of drug-likeness (QED) is 0.566. The van der Waals surface area contributed by atoms with Gasteiger partial charge in [-0.1, -0.05) is 0 Å². The largest absolute Gasteiger partial charge is 0.383 e. The molecule has 1 fully saturated rings. The van der Waals surface area contributed by atoms with Gasteiger partial charge in [-0.3, -0.25) is 14.9 Å². The van der Waals surface area contributed by atoms with Gasteiger partial charge in [0.15, 0.2) is 0 Å². The topological polar surface area (TPSA) is 102 Å². The zero-order valence-corrected chi connectivity index (χ0v) is 9.90. The number of imide groups is 1. The number of rotatable bonds is 1. The Hall–Kier alpha value is -1.89. The van der Waals surface area contributed by atoms with Gasteiger partial charge in [0.05, 0.1) is 18.2 Å². The summed E-state index contributed by atoms with van der Waals surface area (Å²) >= 11 is 0. The predicted octanol–water partition coefficient (Wildman–Crippen LogP) is -0.798. The van der Waals surface area contributed by atoms with Crippen molar-refractivity contribution in [1.82, 2.24) is 20.4 Å². The summed E-state index contributed by atoms with van der Waals surface area (Å²) in [5.74, 6) is -0.372. The number of fused-ring (bicyclic) bond motifs is 1. The molecule has 1 aromatic heterocycles. The number of amides is 2. The first-order valence-corrected chi connectivity index (χ1v) is 6.08. The van der Waals surface area contributed by atoms with Crippen molar-refractivity contribution < 1.29 is 9.59 Å². The number of nitrogens with one attached hydrogen (secondary N) is 2. The summed E-state index contributed by atoms with van der Waals surface area (Å²) in [7, 11) is 0. The zero-order valence-electron chi connectivity index (χ0n) is 9.90. The van der Waals surface area contributed by atoms with E-state index in [2.05, 4.69) is 15.7 Å². The van der Waals surface area contributed by atoms with Crippen molar-refractivity contribution in [2.24, 2.45) is 0 Å². The Morgan fingerprint density at radius 2 is 2.00 bits per heavy atom. The van der Waals surface area contributed by atoms with Crippen LogP contribution in [-0.2, 0) is 11.2 Å². The lowest BCUT2D eigenvalue weighted by Gasteiger charge is -2.23. The van der Waals surface area contributed by atoms with Crippen molar-refractivity contribution >= 4 is 17.6 Å². The van der Waals surface area contributed by atoms with Gasteiger partial charge in [0.2, 0.25) is 5.91 Å². The lowest BCUT2D eigenvalue weighted by Crippen LogP contribution is -2.37. The van der Waals surface area contributed by atoms with Crippen LogP contribution in [0.2, 0.25) is 0 Å². The first kappa shape index (κ1) is 11.2. The Kier molecular flexibility index (Phi) is 2.55. The van der Waals surface area contributed by atoms with Gasteiger partial charge in [0, 0.05) is 0 Å². The third-order valence-corrected chi connectivity index (χ3v) is 3.48. The molecule has 2 aliphatic rings. The van der Waals surface area contributed by atoms with E-state index in [9.17, 15) is 9.59 Å². The fourth-order valence-electron chi connectivity index (χ4n) is 2.58. The van der Waals surface area contributed by atoms with Gasteiger partial charge in [-0.05, 0) is 25.9 Å². The van der Waals surface area contributed by atoms with Crippen LogP contribution in [0.3, 0.4) is 0 Å². The molecular formula is C11H15N5O2. The molecule has 18 heavy (non-hydrogen) atoms. The van der Waals surface area contributed by atoms with Gasteiger partial charge in [-0.15, -0.1) is 0 Å². The Labute approximate surface area is 104 Å². The van der Waals surface area contributed by atoms with Gasteiger partial charge in [0.1, 0.15) is 11.4 Å². The fourth-order valence-corrected chi connectivity index (χ4v) is 2.58. The molecule has 0 atom stereocenters. The lowest BCUT2D eigenvalue weighted by atomic mass is 10.1. The molecule has 1 aromatic rings. The zero-order chi connectivity index (χ0) is 12.7. The van der Waals surface area contributed by atoms with E-state index in [0.717, 1.165) is 25.9 Å². The van der Waals surface area contributed by atoms with Crippen molar-refractivity contribution in [3.8, 4) is 0 Å². The molecule has 3 heterocycles. The Morgan fingerprint density at radius 1 is 1.28 bits per heavy atom. The van der Waals surface area contributed by atoms with Crippen LogP contribution in [0.5, 0.6) is 0 Å². The molecule has 1 saturated heterocycles. The van der Waals surface area contributed by atoms with Crippen LogP contribution in [0.1, 0.15) is 34.9 Å². The number of nitrogens with zero attached hydrogens (tertiary/aromatic N) is 2. The molecule has 2 aliphatic heterocycles. The third-order valence-electron chi connectivity index (χ3n) is 3.48. The SMILES string of the molecule is Nc1c2c(nn1C1CCNCC1)CC(=O)NC2=O. The maximum absolute atomic E-state index is 11.7. The summed E-state index contributed by atoms with van der Waals surface area (Å²) in [6.07, 6.45) is 1.99. The molecule has 0 aromatic carbocycles. The van der Waals surface area contributed by atoms with Crippen molar-refractivity contribution in [2.75, 3.05) is 18.8 Å². The number of piperidine rings is 1. The van der Waals surface area contributed by atoms with Crippen LogP contribution < -0.4 is 16.4 Å². The smallest absolute Gasteiger partial charge is 0.263 e. The molecular weight excluding hydrogens is 234 g/mol. The molecule has 0 radical (unpaired) electrons. The lowest BCUT2D eigenvalue weighted by molar-refractivity contribution is -0.119. The number of anilines is 1. The summed E-state index contributed by atoms with van der Waals surface area (Å²) in [6.45, 7) is 1.83. The van der Waals surface area contributed by atoms with E-state index in [1.54, 1.807) is 4.68 Å². The molecule has 0 aliphatic carbocycles. The number of hydrogen-bond acceptors (Lipinski definition) is 5. The van der Waals surface area contributed by atoms with Crippen LogP contribution in [0, 0.1) is 0 Å². The standard InChI is InChI=1S/C11H15N5O2/c12-10-9-7(5-8(17)14-11(9)18)15-16(10)6-1-3-13-4-2-6/h6,13H,1-5,12H2,(H,14,17,18). The van der Waals surface area contributed by atoms with Gasteiger partial charge < -0.3 is 11.1 Å². The molecule has 4 N–H and O–H groups in total. The van der Waals surface area contributed by atoms with E-state index in [4.69, 9.17) is 5.73 Å². The van der Waals surface area contributed by atoms with E-state index in [0.29, 0.717) is 17.1 Å². The summed E-state index contributed by atoms with van der Waals surface area (Å²) in [5, 5.41) is 9.89. The Balaban J connectivity index is 2.00. The molecule has 0 bridgehead atoms. The second-order valence-electron chi connectivity index (χ2n) is 4.69. The Morgan fingerprint density at radius 3 is 2.72 bits per heavy atom. The summed E-state index contributed by atoms with van der Waals surface area (Å²) in [6, 6.07) is 0.208. The first-order chi connectivity index (χ1) is 8.66. The van der Waals surface area contributed by atoms with E-state index >= 15 is 0 Å². The van der Waals surface area contributed by atoms with Crippen LogP contribution in [0.15, 0.2) is 0 Å². The van der Waals surface area contributed by atoms with E-state index in [1.165, 1.54) is 0 Å². The van der Waals surface area contributed by atoms with Crippen LogP contribution in [-0.4, -0.2) is 34.7 Å². The number of nitrogen functional groups attached to an aromatic ring is 1. The number of hydrogen-bond donors (Lipinski definition) is 3. The minimum Gasteiger partial charge on any atom is -0.383 e. The molecule has 0 unspecified atom stereocenters. The summed E-state index contributed by atoms with van der Waals surface area (Å²) < 4.78 is 1.71. The highest BCUT2D eigenvalue weighted by molar-refractivity contribution is 6.11. The molecule has 7 heteroatoms. The summed E-state index contributed by atoms with van der Waals surface area (Å²) in [5.41, 5.74) is 6.87. The highest BCUT2D eigenvalue weighted by atomic mass is 16.2. The first-order valence-electron chi connectivity index (χ1n) is 6.08. The maximum Gasteiger partial charge on any atom is 0.263 e. The highest BCUT2D eigenvalue weighted by Gasteiger charge is 2.31. The van der Waals surface area contributed by atoms with E-state index < -0.39 is 5.91 Å². The van der Waals surface area contributed by atoms with Crippen LogP contribution in [0.4, 0.5) is 5.82 Å². The minimum absolute atomic E-state index is 0.128. The summed E-state index contributed by atoms with van der Waals surface area (Å²) in [4.78, 5) is 23.0. The van der Waals surface area contributed by atoms with Crippen molar-refractivity contribution in [1.29, 1.82) is 0 Å². The van der Waals surface area contributed by atoms with Gasteiger partial charge in [0.25, 0.3) is 5.91 Å². The minimum atomic E-state index is -0.432. The molecule has 2 amide bonds. The van der Waals surface area contributed by atoms with Crippen LogP contribution in [0.25, 0.3) is 0 Å². The van der Waals surface area contributed by atoms with Crippen molar-refractivity contribution in [2.45, 2.75) is 25.3 Å². The molecule has 0 saturated carbocycles. The van der Waals surface area contributed by atoms with Gasteiger partial charge in [-0.25, -0.2) is 4.68 Å².